The van der Waals surface area contributed by atoms with Gasteiger partial charge in [0.05, 0.1) is 0 Å². The molecule has 152 valence electrons. The van der Waals surface area contributed by atoms with Gasteiger partial charge in [-0.1, -0.05) is 48.6 Å². The highest BCUT2D eigenvalue weighted by Gasteiger charge is 2.15. The molecule has 3 nitrogen and oxygen atoms in total. The van der Waals surface area contributed by atoms with Gasteiger partial charge < -0.3 is 10.2 Å². The number of nitrogens with one attached hydrogen (secondary N) is 1. The Morgan fingerprint density at radius 3 is 2.66 bits per heavy atom. The van der Waals surface area contributed by atoms with Crippen molar-refractivity contribution in [2.45, 2.75) is 46.0 Å². The Bertz CT molecular complexity index is 880. The van der Waals surface area contributed by atoms with Crippen molar-refractivity contribution < 1.29 is 4.79 Å². The number of likely N-dealkylation sites (tertiary alicyclic amines) is 1. The third-order valence-electron chi connectivity index (χ3n) is 5.52. The zero-order valence-corrected chi connectivity index (χ0v) is 17.8. The number of nitrogens with zero attached hydrogens (tertiary/aromatic N) is 1. The van der Waals surface area contributed by atoms with Crippen molar-refractivity contribution in [2.24, 2.45) is 0 Å². The van der Waals surface area contributed by atoms with Crippen molar-refractivity contribution >= 4 is 5.91 Å². The van der Waals surface area contributed by atoms with Gasteiger partial charge in [-0.2, -0.15) is 0 Å². The van der Waals surface area contributed by atoms with Crippen LogP contribution in [0.4, 0.5) is 0 Å². The Hall–Kier alpha value is -2.81. The number of allylic oxidation sites excluding steroid dienone is 8. The molecule has 1 N–H and O–H groups in total. The standard InChI is InChI=1S/C26H32N2O/c1-4-11-20(2)25(21(3)19-28-16-8-9-17-28)27-26(29)24-15-10-14-23(18-24)22-12-6-5-7-13-22/h4-7,10-12,14-15,18-19,22H,8-9,13,16-17H2,1-3H3,(H,27,29)/b11-4+,21-19+,25-20+. The van der Waals surface area contributed by atoms with Crippen LogP contribution in [0.2, 0.25) is 0 Å². The van der Waals surface area contributed by atoms with Gasteiger partial charge in [-0.3, -0.25) is 4.79 Å². The number of amides is 1. The first-order valence-electron chi connectivity index (χ1n) is 10.6. The zero-order valence-electron chi connectivity index (χ0n) is 17.8. The Kier molecular flexibility index (Phi) is 7.29. The van der Waals surface area contributed by atoms with Gasteiger partial charge in [0.25, 0.3) is 5.91 Å². The Morgan fingerprint density at radius 1 is 1.17 bits per heavy atom. The van der Waals surface area contributed by atoms with E-state index in [1.54, 1.807) is 0 Å². The maximum atomic E-state index is 13.1. The molecule has 0 aromatic heterocycles. The number of rotatable bonds is 6. The first kappa shape index (κ1) is 20.9. The third-order valence-corrected chi connectivity index (χ3v) is 5.52. The predicted octanol–water partition coefficient (Wildman–Crippen LogP) is 5.87. The Labute approximate surface area is 175 Å². The van der Waals surface area contributed by atoms with Crippen molar-refractivity contribution in [3.8, 4) is 0 Å². The Balaban J connectivity index is 1.82. The smallest absolute Gasteiger partial charge is 0.255 e. The molecule has 3 rings (SSSR count). The summed E-state index contributed by atoms with van der Waals surface area (Å²) in [5.41, 5.74) is 4.92. The molecule has 1 heterocycles. The summed E-state index contributed by atoms with van der Waals surface area (Å²) in [4.78, 5) is 15.4. The highest BCUT2D eigenvalue weighted by molar-refractivity contribution is 5.96. The van der Waals surface area contributed by atoms with Crippen LogP contribution in [0.5, 0.6) is 0 Å². The van der Waals surface area contributed by atoms with Gasteiger partial charge in [0.1, 0.15) is 0 Å². The van der Waals surface area contributed by atoms with Crippen molar-refractivity contribution in [1.82, 2.24) is 10.2 Å². The van der Waals surface area contributed by atoms with Crippen molar-refractivity contribution in [3.63, 3.8) is 0 Å². The zero-order chi connectivity index (χ0) is 20.6. The summed E-state index contributed by atoms with van der Waals surface area (Å²) in [5.74, 6) is 0.277. The van der Waals surface area contributed by atoms with E-state index in [-0.39, 0.29) is 5.91 Å². The van der Waals surface area contributed by atoms with E-state index >= 15 is 0 Å². The van der Waals surface area contributed by atoms with Gasteiger partial charge in [-0.15, -0.1) is 0 Å². The SMILES string of the molecule is C/C=C/C(C)=C(NC(=O)c1cccc(C2C=CC=CC2)c1)\C(C)=C\N1CCCC1. The molecule has 3 heteroatoms. The summed E-state index contributed by atoms with van der Waals surface area (Å²) in [6, 6.07) is 7.99. The minimum atomic E-state index is -0.0600. The molecule has 0 radical (unpaired) electrons. The van der Waals surface area contributed by atoms with E-state index in [2.05, 4.69) is 53.7 Å². The normalized spacial score (nSPS) is 20.3. The minimum absolute atomic E-state index is 0.0600. The minimum Gasteiger partial charge on any atom is -0.377 e. The molecule has 1 saturated heterocycles. The van der Waals surface area contributed by atoms with Crippen LogP contribution in [0.25, 0.3) is 0 Å². The maximum absolute atomic E-state index is 13.1. The molecule has 1 unspecified atom stereocenters. The fraction of sp³-hybridized carbons (Fsp3) is 0.346. The van der Waals surface area contributed by atoms with Crippen molar-refractivity contribution in [3.05, 3.63) is 94.9 Å². The van der Waals surface area contributed by atoms with Crippen LogP contribution in [-0.4, -0.2) is 23.9 Å². The van der Waals surface area contributed by atoms with Crippen molar-refractivity contribution in [1.29, 1.82) is 0 Å². The molecule has 0 bridgehead atoms. The van der Waals surface area contributed by atoms with Gasteiger partial charge in [0.2, 0.25) is 0 Å². The van der Waals surface area contributed by atoms with E-state index in [9.17, 15) is 4.79 Å². The van der Waals surface area contributed by atoms with Crippen LogP contribution in [0, 0.1) is 0 Å². The largest absolute Gasteiger partial charge is 0.377 e. The summed E-state index contributed by atoms with van der Waals surface area (Å²) >= 11 is 0. The highest BCUT2D eigenvalue weighted by Crippen LogP contribution is 2.25. The average molecular weight is 389 g/mol. The second kappa shape index (κ2) is 10.1. The molecular weight excluding hydrogens is 356 g/mol. The van der Waals surface area contributed by atoms with Gasteiger partial charge in [0.15, 0.2) is 0 Å². The molecule has 1 amide bonds. The van der Waals surface area contributed by atoms with Gasteiger partial charge in [-0.25, -0.2) is 0 Å². The number of hydrogen-bond donors (Lipinski definition) is 1. The monoisotopic (exact) mass is 388 g/mol. The lowest BCUT2D eigenvalue weighted by atomic mass is 9.91. The average Bonchev–Trinajstić information content (AvgIpc) is 3.25. The second-order valence-electron chi connectivity index (χ2n) is 7.85. The molecule has 0 saturated carbocycles. The number of benzene rings is 1. The predicted molar refractivity (Wildman–Crippen MR) is 122 cm³/mol. The lowest BCUT2D eigenvalue weighted by Gasteiger charge is -2.18. The van der Waals surface area contributed by atoms with E-state index in [1.165, 1.54) is 18.4 Å². The van der Waals surface area contributed by atoms with E-state index in [4.69, 9.17) is 0 Å². The maximum Gasteiger partial charge on any atom is 0.255 e. The molecule has 1 aromatic rings. The third kappa shape index (κ3) is 5.60. The first-order valence-corrected chi connectivity index (χ1v) is 10.6. The number of carbonyl (C=O) groups excluding carboxylic acids is 1. The fourth-order valence-electron chi connectivity index (χ4n) is 3.97. The molecule has 1 aliphatic carbocycles. The summed E-state index contributed by atoms with van der Waals surface area (Å²) in [6.45, 7) is 8.31. The quantitative estimate of drug-likeness (QED) is 0.619. The van der Waals surface area contributed by atoms with Crippen LogP contribution in [-0.2, 0) is 0 Å². The Morgan fingerprint density at radius 2 is 1.97 bits per heavy atom. The molecule has 2 aliphatic rings. The van der Waals surface area contributed by atoms with E-state index < -0.39 is 0 Å². The van der Waals surface area contributed by atoms with Gasteiger partial charge >= 0.3 is 0 Å². The van der Waals surface area contributed by atoms with Gasteiger partial charge in [0, 0.05) is 36.5 Å². The van der Waals surface area contributed by atoms with Crippen LogP contribution in [0.3, 0.4) is 0 Å². The molecule has 1 aromatic carbocycles. The topological polar surface area (TPSA) is 32.3 Å². The molecule has 0 spiro atoms. The van der Waals surface area contributed by atoms with E-state index in [1.807, 2.05) is 44.2 Å². The molecule has 29 heavy (non-hydrogen) atoms. The van der Waals surface area contributed by atoms with Gasteiger partial charge in [-0.05, 0) is 68.9 Å². The van der Waals surface area contributed by atoms with E-state index in [0.29, 0.717) is 11.5 Å². The van der Waals surface area contributed by atoms with Crippen LogP contribution >= 0.6 is 0 Å². The van der Waals surface area contributed by atoms with E-state index in [0.717, 1.165) is 36.4 Å². The van der Waals surface area contributed by atoms with Crippen molar-refractivity contribution in [2.75, 3.05) is 13.1 Å². The highest BCUT2D eigenvalue weighted by atomic mass is 16.1. The number of carbonyl (C=O) groups is 1. The molecule has 1 fully saturated rings. The lowest BCUT2D eigenvalue weighted by Crippen LogP contribution is -2.25. The molecule has 1 atom stereocenters. The molecule has 1 aliphatic heterocycles. The van der Waals surface area contributed by atoms with Crippen LogP contribution in [0.1, 0.15) is 61.9 Å². The summed E-state index contributed by atoms with van der Waals surface area (Å²) < 4.78 is 0. The fourth-order valence-corrected chi connectivity index (χ4v) is 3.97. The van der Waals surface area contributed by atoms with Crippen LogP contribution < -0.4 is 5.32 Å². The van der Waals surface area contributed by atoms with Crippen LogP contribution in [0.15, 0.2) is 83.8 Å². The second-order valence-corrected chi connectivity index (χ2v) is 7.85. The summed E-state index contributed by atoms with van der Waals surface area (Å²) in [5, 5.41) is 3.18. The summed E-state index contributed by atoms with van der Waals surface area (Å²) in [6.07, 6.45) is 18.2. The number of hydrogen-bond acceptors (Lipinski definition) is 2. The summed E-state index contributed by atoms with van der Waals surface area (Å²) in [7, 11) is 0. The first-order chi connectivity index (χ1) is 14.1. The molecular formula is C26H32N2O. The lowest BCUT2D eigenvalue weighted by molar-refractivity contribution is 0.0966.